The van der Waals surface area contributed by atoms with E-state index in [9.17, 15) is 0 Å². The first kappa shape index (κ1) is 11.2. The van der Waals surface area contributed by atoms with Crippen LogP contribution >= 0.6 is 0 Å². The van der Waals surface area contributed by atoms with E-state index in [-0.39, 0.29) is 0 Å². The third kappa shape index (κ3) is 1.75. The second-order valence-electron chi connectivity index (χ2n) is 4.65. The molecule has 1 aliphatic rings. The molecule has 92 valence electrons. The van der Waals surface area contributed by atoms with Gasteiger partial charge in [0, 0.05) is 24.6 Å². The molecular weight excluding hydrogens is 226 g/mol. The standard InChI is InChI=1S/C14H15N3O/c1-18-14(16)5-4-12-10(8-14)6-9-2-3-11(15)7-13(9)17-12/h2-7H,8,15-16H2,1H3. The zero-order valence-corrected chi connectivity index (χ0v) is 10.2. The number of rotatable bonds is 1. The maximum Gasteiger partial charge on any atom is 0.140 e. The van der Waals surface area contributed by atoms with Crippen molar-refractivity contribution in [2.75, 3.05) is 12.8 Å². The SMILES string of the molecule is COC1(N)C=Cc2nc3cc(N)ccc3cc2C1. The van der Waals surface area contributed by atoms with Crippen molar-refractivity contribution in [3.8, 4) is 0 Å². The van der Waals surface area contributed by atoms with Crippen LogP contribution in [-0.2, 0) is 11.2 Å². The molecule has 1 aromatic carbocycles. The lowest BCUT2D eigenvalue weighted by atomic mass is 9.94. The Kier molecular flexibility index (Phi) is 2.36. The number of methoxy groups -OCH3 is 1. The van der Waals surface area contributed by atoms with Crippen molar-refractivity contribution in [3.63, 3.8) is 0 Å². The number of hydrogen-bond donors (Lipinski definition) is 2. The van der Waals surface area contributed by atoms with Gasteiger partial charge in [0.05, 0.1) is 11.2 Å². The first-order valence-electron chi connectivity index (χ1n) is 5.82. The van der Waals surface area contributed by atoms with Gasteiger partial charge in [0.25, 0.3) is 0 Å². The molecule has 18 heavy (non-hydrogen) atoms. The van der Waals surface area contributed by atoms with Gasteiger partial charge < -0.3 is 10.5 Å². The molecule has 4 nitrogen and oxygen atoms in total. The van der Waals surface area contributed by atoms with E-state index in [0.29, 0.717) is 6.42 Å². The Bertz CT molecular complexity index is 651. The van der Waals surface area contributed by atoms with Crippen molar-refractivity contribution in [1.82, 2.24) is 4.98 Å². The van der Waals surface area contributed by atoms with Crippen LogP contribution in [0.25, 0.3) is 17.0 Å². The van der Waals surface area contributed by atoms with Crippen LogP contribution in [0.5, 0.6) is 0 Å². The maximum atomic E-state index is 6.08. The van der Waals surface area contributed by atoms with Crippen LogP contribution < -0.4 is 11.5 Å². The molecular formula is C14H15N3O. The summed E-state index contributed by atoms with van der Waals surface area (Å²) >= 11 is 0. The van der Waals surface area contributed by atoms with E-state index in [4.69, 9.17) is 16.2 Å². The van der Waals surface area contributed by atoms with E-state index >= 15 is 0 Å². The first-order valence-corrected chi connectivity index (χ1v) is 5.82. The van der Waals surface area contributed by atoms with Crippen LogP contribution in [0, 0.1) is 0 Å². The van der Waals surface area contributed by atoms with E-state index < -0.39 is 5.72 Å². The fourth-order valence-electron chi connectivity index (χ4n) is 2.25. The van der Waals surface area contributed by atoms with Gasteiger partial charge in [-0.25, -0.2) is 4.98 Å². The predicted octanol–water partition coefficient (Wildman–Crippen LogP) is 1.69. The molecule has 3 rings (SSSR count). The summed E-state index contributed by atoms with van der Waals surface area (Å²) < 4.78 is 5.31. The first-order chi connectivity index (χ1) is 8.59. The monoisotopic (exact) mass is 241 g/mol. The lowest BCUT2D eigenvalue weighted by Gasteiger charge is -2.28. The van der Waals surface area contributed by atoms with Crippen LogP contribution in [0.3, 0.4) is 0 Å². The van der Waals surface area contributed by atoms with Crippen molar-refractivity contribution in [2.24, 2.45) is 5.73 Å². The summed E-state index contributed by atoms with van der Waals surface area (Å²) in [6.45, 7) is 0. The van der Waals surface area contributed by atoms with Gasteiger partial charge in [-0.15, -0.1) is 0 Å². The van der Waals surface area contributed by atoms with Crippen LogP contribution in [0.2, 0.25) is 0 Å². The molecule has 1 unspecified atom stereocenters. The number of fused-ring (bicyclic) bond motifs is 2. The molecule has 0 spiro atoms. The minimum atomic E-state index is -0.726. The quantitative estimate of drug-likeness (QED) is 0.588. The highest BCUT2D eigenvalue weighted by Crippen LogP contribution is 2.27. The normalized spacial score (nSPS) is 22.1. The van der Waals surface area contributed by atoms with Gasteiger partial charge in [-0.1, -0.05) is 6.07 Å². The predicted molar refractivity (Wildman–Crippen MR) is 72.8 cm³/mol. The highest BCUT2D eigenvalue weighted by Gasteiger charge is 2.26. The Balaban J connectivity index is 2.17. The van der Waals surface area contributed by atoms with E-state index in [1.165, 1.54) is 0 Å². The fraction of sp³-hybridized carbons (Fsp3) is 0.214. The number of pyridine rings is 1. The molecule has 4 N–H and O–H groups in total. The second-order valence-corrected chi connectivity index (χ2v) is 4.65. The van der Waals surface area contributed by atoms with Gasteiger partial charge in [0.15, 0.2) is 0 Å². The molecule has 0 aliphatic heterocycles. The molecule has 2 aromatic rings. The van der Waals surface area contributed by atoms with E-state index in [0.717, 1.165) is 27.8 Å². The molecule has 0 amide bonds. The van der Waals surface area contributed by atoms with Crippen molar-refractivity contribution in [3.05, 3.63) is 41.6 Å². The summed E-state index contributed by atoms with van der Waals surface area (Å²) in [5.41, 5.74) is 14.8. The van der Waals surface area contributed by atoms with Crippen molar-refractivity contribution < 1.29 is 4.74 Å². The van der Waals surface area contributed by atoms with E-state index in [2.05, 4.69) is 11.1 Å². The number of nitrogen functional groups attached to an aromatic ring is 1. The molecule has 1 aromatic heterocycles. The number of hydrogen-bond acceptors (Lipinski definition) is 4. The highest BCUT2D eigenvalue weighted by molar-refractivity contribution is 5.84. The topological polar surface area (TPSA) is 74.2 Å². The van der Waals surface area contributed by atoms with Crippen LogP contribution in [-0.4, -0.2) is 17.8 Å². The molecule has 1 aliphatic carbocycles. The van der Waals surface area contributed by atoms with Crippen molar-refractivity contribution >= 4 is 22.7 Å². The summed E-state index contributed by atoms with van der Waals surface area (Å²) in [5, 5.41) is 1.07. The van der Waals surface area contributed by atoms with Crippen molar-refractivity contribution in [2.45, 2.75) is 12.1 Å². The Hall–Kier alpha value is -1.91. The Morgan fingerprint density at radius 2 is 2.17 bits per heavy atom. The van der Waals surface area contributed by atoms with Crippen LogP contribution in [0.1, 0.15) is 11.3 Å². The summed E-state index contributed by atoms with van der Waals surface area (Å²) in [7, 11) is 1.62. The molecule has 1 heterocycles. The molecule has 1 atom stereocenters. The van der Waals surface area contributed by atoms with E-state index in [1.54, 1.807) is 7.11 Å². The number of benzene rings is 1. The number of nitrogens with zero attached hydrogens (tertiary/aromatic N) is 1. The summed E-state index contributed by atoms with van der Waals surface area (Å²) in [6.07, 6.45) is 4.38. The molecule has 0 saturated carbocycles. The average Bonchev–Trinajstić information content (AvgIpc) is 2.37. The Morgan fingerprint density at radius 3 is 2.94 bits per heavy atom. The van der Waals surface area contributed by atoms with E-state index in [1.807, 2.05) is 30.4 Å². The van der Waals surface area contributed by atoms with Gasteiger partial charge >= 0.3 is 0 Å². The van der Waals surface area contributed by atoms with Crippen LogP contribution in [0.4, 0.5) is 5.69 Å². The van der Waals surface area contributed by atoms with Gasteiger partial charge in [-0.2, -0.15) is 0 Å². The smallest absolute Gasteiger partial charge is 0.140 e. The number of nitrogens with two attached hydrogens (primary N) is 2. The fourth-order valence-corrected chi connectivity index (χ4v) is 2.25. The summed E-state index contributed by atoms with van der Waals surface area (Å²) in [4.78, 5) is 4.60. The number of aromatic nitrogens is 1. The lowest BCUT2D eigenvalue weighted by molar-refractivity contribution is 0.0378. The summed E-state index contributed by atoms with van der Waals surface area (Å²) in [5.74, 6) is 0. The largest absolute Gasteiger partial charge is 0.399 e. The zero-order chi connectivity index (χ0) is 12.8. The third-order valence-electron chi connectivity index (χ3n) is 3.32. The van der Waals surface area contributed by atoms with Gasteiger partial charge in [0.2, 0.25) is 0 Å². The van der Waals surface area contributed by atoms with Crippen LogP contribution in [0.15, 0.2) is 30.3 Å². The molecule has 0 fully saturated rings. The Morgan fingerprint density at radius 1 is 1.33 bits per heavy atom. The minimum Gasteiger partial charge on any atom is -0.399 e. The van der Waals surface area contributed by atoms with Crippen molar-refractivity contribution in [1.29, 1.82) is 0 Å². The van der Waals surface area contributed by atoms with Gasteiger partial charge in [-0.05, 0) is 35.9 Å². The second kappa shape index (κ2) is 3.80. The summed E-state index contributed by atoms with van der Waals surface area (Å²) in [6, 6.07) is 7.83. The molecule has 4 heteroatoms. The lowest BCUT2D eigenvalue weighted by Crippen LogP contribution is -2.43. The Labute approximate surface area is 105 Å². The molecule has 0 radical (unpaired) electrons. The molecule has 0 saturated heterocycles. The van der Waals surface area contributed by atoms with Gasteiger partial charge in [0.1, 0.15) is 5.72 Å². The zero-order valence-electron chi connectivity index (χ0n) is 10.2. The average molecular weight is 241 g/mol. The maximum absolute atomic E-state index is 6.08. The number of anilines is 1. The third-order valence-corrected chi connectivity index (χ3v) is 3.32. The number of ether oxygens (including phenoxy) is 1. The minimum absolute atomic E-state index is 0.628. The van der Waals surface area contributed by atoms with Gasteiger partial charge in [-0.3, -0.25) is 5.73 Å². The molecule has 0 bridgehead atoms. The highest BCUT2D eigenvalue weighted by atomic mass is 16.5.